The summed E-state index contributed by atoms with van der Waals surface area (Å²) in [4.78, 5) is 4.98. The number of anilines is 1. The lowest BCUT2D eigenvalue weighted by Crippen LogP contribution is -2.48. The molecule has 0 saturated carbocycles. The molecular formula is C25H28N6O. The predicted molar refractivity (Wildman–Crippen MR) is 124 cm³/mol. The minimum atomic E-state index is -0.0121. The van der Waals surface area contributed by atoms with Crippen molar-refractivity contribution >= 4 is 5.69 Å². The average Bonchev–Trinajstić information content (AvgIpc) is 3.50. The highest BCUT2D eigenvalue weighted by Gasteiger charge is 2.31. The number of tetrazole rings is 1. The molecule has 4 aromatic rings. The zero-order valence-electron chi connectivity index (χ0n) is 18.6. The molecule has 1 aliphatic heterocycles. The second-order valence-electron chi connectivity index (χ2n) is 8.33. The maximum absolute atomic E-state index is 5.54. The molecule has 1 saturated heterocycles. The van der Waals surface area contributed by atoms with Crippen molar-refractivity contribution < 1.29 is 4.42 Å². The summed E-state index contributed by atoms with van der Waals surface area (Å²) in [6.07, 6.45) is 1.68. The molecule has 1 unspecified atom stereocenters. The lowest BCUT2D eigenvalue weighted by atomic mass is 10.0. The lowest BCUT2D eigenvalue weighted by Gasteiger charge is -2.40. The van der Waals surface area contributed by atoms with Crippen LogP contribution in [0.3, 0.4) is 0 Å². The molecule has 2 aromatic heterocycles. The van der Waals surface area contributed by atoms with E-state index in [4.69, 9.17) is 4.42 Å². The van der Waals surface area contributed by atoms with Crippen LogP contribution in [0.1, 0.15) is 34.3 Å². The minimum absolute atomic E-state index is 0.0121. The van der Waals surface area contributed by atoms with Crippen LogP contribution in [0.25, 0.3) is 0 Å². The van der Waals surface area contributed by atoms with Crippen LogP contribution in [0.15, 0.2) is 71.3 Å². The van der Waals surface area contributed by atoms with Gasteiger partial charge in [0, 0.05) is 31.9 Å². The Kier molecular flexibility index (Phi) is 5.73. The summed E-state index contributed by atoms with van der Waals surface area (Å²) >= 11 is 0. The van der Waals surface area contributed by atoms with Crippen LogP contribution >= 0.6 is 0 Å². The summed E-state index contributed by atoms with van der Waals surface area (Å²) in [5.74, 6) is 1.68. The van der Waals surface area contributed by atoms with E-state index in [1.165, 1.54) is 22.4 Å². The predicted octanol–water partition coefficient (Wildman–Crippen LogP) is 3.84. The second-order valence-corrected chi connectivity index (χ2v) is 8.33. The Morgan fingerprint density at radius 3 is 2.47 bits per heavy atom. The van der Waals surface area contributed by atoms with Crippen molar-refractivity contribution in [1.82, 2.24) is 25.1 Å². The molecule has 164 valence electrons. The number of nitrogens with zero attached hydrogens (tertiary/aromatic N) is 6. The number of piperazine rings is 1. The number of hydrogen-bond acceptors (Lipinski definition) is 6. The normalized spacial score (nSPS) is 15.8. The quantitative estimate of drug-likeness (QED) is 0.465. The second kappa shape index (κ2) is 8.96. The van der Waals surface area contributed by atoms with E-state index in [-0.39, 0.29) is 6.04 Å². The van der Waals surface area contributed by atoms with E-state index in [0.717, 1.165) is 37.8 Å². The molecular weight excluding hydrogens is 400 g/mol. The van der Waals surface area contributed by atoms with Crippen molar-refractivity contribution in [3.8, 4) is 0 Å². The van der Waals surface area contributed by atoms with Crippen molar-refractivity contribution in [1.29, 1.82) is 0 Å². The van der Waals surface area contributed by atoms with Crippen LogP contribution < -0.4 is 4.90 Å². The Morgan fingerprint density at radius 1 is 0.906 bits per heavy atom. The zero-order chi connectivity index (χ0) is 21.9. The molecule has 0 N–H and O–H groups in total. The Hall–Kier alpha value is -3.45. The van der Waals surface area contributed by atoms with Crippen LogP contribution in [-0.4, -0.2) is 51.3 Å². The number of furan rings is 1. The van der Waals surface area contributed by atoms with Gasteiger partial charge >= 0.3 is 0 Å². The van der Waals surface area contributed by atoms with Gasteiger partial charge in [0.15, 0.2) is 5.82 Å². The van der Waals surface area contributed by atoms with E-state index >= 15 is 0 Å². The molecule has 3 heterocycles. The van der Waals surface area contributed by atoms with Crippen molar-refractivity contribution in [3.05, 3.63) is 95.2 Å². The van der Waals surface area contributed by atoms with Gasteiger partial charge in [-0.05, 0) is 59.2 Å². The van der Waals surface area contributed by atoms with E-state index in [1.807, 2.05) is 22.9 Å². The number of aromatic nitrogens is 4. The van der Waals surface area contributed by atoms with Gasteiger partial charge in [0.25, 0.3) is 0 Å². The standard InChI is InChI=1S/C25H28N6O/c1-19-8-6-12-23(20(19)2)29-13-15-30(16-14-29)24(21-9-4-3-5-10-21)25-26-27-28-31(25)18-22-11-7-17-32-22/h3-12,17,24H,13-16,18H2,1-2H3. The van der Waals surface area contributed by atoms with Gasteiger partial charge in [-0.25, -0.2) is 4.68 Å². The third kappa shape index (κ3) is 4.03. The average molecular weight is 429 g/mol. The first kappa shape index (κ1) is 20.5. The summed E-state index contributed by atoms with van der Waals surface area (Å²) in [5, 5.41) is 12.7. The molecule has 0 bridgehead atoms. The first-order chi connectivity index (χ1) is 15.7. The van der Waals surface area contributed by atoms with Gasteiger partial charge in [-0.2, -0.15) is 0 Å². The Labute approximate surface area is 188 Å². The highest BCUT2D eigenvalue weighted by atomic mass is 16.3. The molecule has 0 radical (unpaired) electrons. The molecule has 0 spiro atoms. The van der Waals surface area contributed by atoms with Crippen molar-refractivity contribution in [2.24, 2.45) is 0 Å². The smallest absolute Gasteiger partial charge is 0.173 e. The molecule has 7 nitrogen and oxygen atoms in total. The molecule has 5 rings (SSSR count). The van der Waals surface area contributed by atoms with Crippen LogP contribution in [0.5, 0.6) is 0 Å². The molecule has 0 amide bonds. The van der Waals surface area contributed by atoms with Gasteiger partial charge in [-0.15, -0.1) is 5.10 Å². The Balaban J connectivity index is 1.41. The van der Waals surface area contributed by atoms with Crippen LogP contribution in [-0.2, 0) is 6.54 Å². The summed E-state index contributed by atoms with van der Waals surface area (Å²) in [6.45, 7) is 8.70. The highest BCUT2D eigenvalue weighted by molar-refractivity contribution is 5.56. The molecule has 7 heteroatoms. The van der Waals surface area contributed by atoms with Crippen molar-refractivity contribution in [3.63, 3.8) is 0 Å². The third-order valence-corrected chi connectivity index (χ3v) is 6.40. The summed E-state index contributed by atoms with van der Waals surface area (Å²) < 4.78 is 7.39. The first-order valence-corrected chi connectivity index (χ1v) is 11.1. The molecule has 32 heavy (non-hydrogen) atoms. The Morgan fingerprint density at radius 2 is 1.72 bits per heavy atom. The van der Waals surface area contributed by atoms with Crippen LogP contribution in [0, 0.1) is 13.8 Å². The minimum Gasteiger partial charge on any atom is -0.467 e. The fraction of sp³-hybridized carbons (Fsp3) is 0.320. The van der Waals surface area contributed by atoms with E-state index in [1.54, 1.807) is 6.26 Å². The van der Waals surface area contributed by atoms with Crippen molar-refractivity contribution in [2.45, 2.75) is 26.4 Å². The van der Waals surface area contributed by atoms with Gasteiger partial charge < -0.3 is 9.32 Å². The van der Waals surface area contributed by atoms with Crippen LogP contribution in [0.4, 0.5) is 5.69 Å². The maximum Gasteiger partial charge on any atom is 0.173 e. The number of aryl methyl sites for hydroxylation is 1. The fourth-order valence-corrected chi connectivity index (χ4v) is 4.53. The maximum atomic E-state index is 5.54. The molecule has 0 aliphatic carbocycles. The van der Waals surface area contributed by atoms with Gasteiger partial charge in [-0.1, -0.05) is 42.5 Å². The Bertz CT molecular complexity index is 1150. The van der Waals surface area contributed by atoms with E-state index < -0.39 is 0 Å². The molecule has 1 aliphatic rings. The topological polar surface area (TPSA) is 63.2 Å². The third-order valence-electron chi connectivity index (χ3n) is 6.40. The summed E-state index contributed by atoms with van der Waals surface area (Å²) in [5.41, 5.74) is 5.24. The molecule has 2 aromatic carbocycles. The highest BCUT2D eigenvalue weighted by Crippen LogP contribution is 2.30. The van der Waals surface area contributed by atoms with Crippen molar-refractivity contribution in [2.75, 3.05) is 31.1 Å². The number of hydrogen-bond donors (Lipinski definition) is 0. The van der Waals surface area contributed by atoms with Gasteiger partial charge in [0.1, 0.15) is 12.3 Å². The van der Waals surface area contributed by atoms with E-state index in [0.29, 0.717) is 6.54 Å². The summed E-state index contributed by atoms with van der Waals surface area (Å²) in [6, 6.07) is 20.9. The number of benzene rings is 2. The fourth-order valence-electron chi connectivity index (χ4n) is 4.53. The number of rotatable bonds is 6. The monoisotopic (exact) mass is 428 g/mol. The molecule has 1 fully saturated rings. The van der Waals surface area contributed by atoms with Gasteiger partial charge in [0.05, 0.1) is 12.3 Å². The van der Waals surface area contributed by atoms with Gasteiger partial charge in [-0.3, -0.25) is 4.90 Å². The SMILES string of the molecule is Cc1cccc(N2CCN(C(c3ccccc3)c3nnnn3Cc3ccco3)CC2)c1C. The lowest BCUT2D eigenvalue weighted by molar-refractivity contribution is 0.201. The van der Waals surface area contributed by atoms with E-state index in [9.17, 15) is 0 Å². The molecule has 1 atom stereocenters. The zero-order valence-corrected chi connectivity index (χ0v) is 18.6. The first-order valence-electron chi connectivity index (χ1n) is 11.1. The largest absolute Gasteiger partial charge is 0.467 e. The summed E-state index contributed by atoms with van der Waals surface area (Å²) in [7, 11) is 0. The van der Waals surface area contributed by atoms with Gasteiger partial charge in [0.2, 0.25) is 0 Å². The van der Waals surface area contributed by atoms with Crippen LogP contribution in [0.2, 0.25) is 0 Å². The van der Waals surface area contributed by atoms with E-state index in [2.05, 4.69) is 81.6 Å².